The number of methoxy groups -OCH3 is 1. The van der Waals surface area contributed by atoms with E-state index in [1.807, 2.05) is 54.8 Å². The normalized spacial score (nSPS) is 14.3. The molecule has 2 N–H and O–H groups in total. The highest BCUT2D eigenvalue weighted by molar-refractivity contribution is 6.43. The van der Waals surface area contributed by atoms with Crippen molar-refractivity contribution in [2.24, 2.45) is 0 Å². The maximum Gasteiger partial charge on any atom is 0.271 e. The Kier molecular flexibility index (Phi) is 12.0. The standard InChI is InChI=1S/C26H31Cl2N5O3.2ClH/c1-17-25(30-18(2)33(17)21-8-4-5-10-23(21)36-3)26(35)29-15-19(34)16-31-11-13-32(14-12-31)22-9-6-7-20(27)24(22)28;;/h4-10,19,34H,11-16H2,1-3H3,(H,29,35);2*1H. The summed E-state index contributed by atoms with van der Waals surface area (Å²) < 4.78 is 7.37. The number of carbonyl (C=O) groups is 1. The third-order valence-corrected chi connectivity index (χ3v) is 7.24. The average Bonchev–Trinajstić information content (AvgIpc) is 3.18. The number of aryl methyl sites for hydroxylation is 1. The first-order valence-corrected chi connectivity index (χ1v) is 12.6. The Labute approximate surface area is 245 Å². The summed E-state index contributed by atoms with van der Waals surface area (Å²) in [5.74, 6) is 1.06. The summed E-state index contributed by atoms with van der Waals surface area (Å²) in [5, 5.41) is 14.5. The Bertz CT molecular complexity index is 1230. The van der Waals surface area contributed by atoms with Gasteiger partial charge in [0.1, 0.15) is 17.3 Å². The van der Waals surface area contributed by atoms with Crippen LogP contribution in [0, 0.1) is 13.8 Å². The van der Waals surface area contributed by atoms with E-state index in [9.17, 15) is 9.90 Å². The van der Waals surface area contributed by atoms with Gasteiger partial charge >= 0.3 is 0 Å². The van der Waals surface area contributed by atoms with E-state index in [1.54, 1.807) is 13.2 Å². The predicted octanol–water partition coefficient (Wildman–Crippen LogP) is 4.56. The molecular weight excluding hydrogens is 572 g/mol. The SMILES string of the molecule is COc1ccccc1-n1c(C)nc(C(=O)NCC(O)CN2CCN(c3cccc(Cl)c3Cl)CC2)c1C.Cl.Cl. The zero-order valence-electron chi connectivity index (χ0n) is 21.5. The number of benzene rings is 2. The van der Waals surface area contributed by atoms with Crippen LogP contribution in [0.25, 0.3) is 5.69 Å². The number of nitrogens with one attached hydrogen (secondary N) is 1. The lowest BCUT2D eigenvalue weighted by atomic mass is 10.2. The van der Waals surface area contributed by atoms with Gasteiger partial charge < -0.3 is 20.1 Å². The van der Waals surface area contributed by atoms with Crippen LogP contribution in [0.4, 0.5) is 5.69 Å². The van der Waals surface area contributed by atoms with Crippen LogP contribution in [-0.2, 0) is 0 Å². The first-order chi connectivity index (χ1) is 17.3. The lowest BCUT2D eigenvalue weighted by Gasteiger charge is -2.37. The number of β-amino-alcohol motifs (C(OH)–C–C–N with tert-alkyl or cyclic N) is 1. The minimum atomic E-state index is -0.701. The van der Waals surface area contributed by atoms with Crippen molar-refractivity contribution < 1.29 is 14.6 Å². The van der Waals surface area contributed by atoms with Crippen molar-refractivity contribution >= 4 is 59.6 Å². The number of ether oxygens (including phenoxy) is 1. The third kappa shape index (κ3) is 7.05. The van der Waals surface area contributed by atoms with Crippen molar-refractivity contribution in [3.8, 4) is 11.4 Å². The number of rotatable bonds is 8. The molecule has 1 unspecified atom stereocenters. The van der Waals surface area contributed by atoms with Crippen molar-refractivity contribution in [2.45, 2.75) is 20.0 Å². The van der Waals surface area contributed by atoms with Crippen molar-refractivity contribution in [2.75, 3.05) is 51.3 Å². The van der Waals surface area contributed by atoms with E-state index in [0.717, 1.165) is 37.6 Å². The highest BCUT2D eigenvalue weighted by atomic mass is 35.5. The molecule has 1 atom stereocenters. The second kappa shape index (κ2) is 14.3. The summed E-state index contributed by atoms with van der Waals surface area (Å²) in [4.78, 5) is 21.8. The number of aliphatic hydroxyl groups is 1. The summed E-state index contributed by atoms with van der Waals surface area (Å²) in [6, 6.07) is 13.2. The minimum absolute atomic E-state index is 0. The van der Waals surface area contributed by atoms with Crippen molar-refractivity contribution in [3.63, 3.8) is 0 Å². The second-order valence-corrected chi connectivity index (χ2v) is 9.61. The fourth-order valence-electron chi connectivity index (χ4n) is 4.59. The van der Waals surface area contributed by atoms with Crippen LogP contribution in [0.1, 0.15) is 22.0 Å². The van der Waals surface area contributed by atoms with Crippen molar-refractivity contribution in [3.05, 3.63) is 69.7 Å². The topological polar surface area (TPSA) is 82.9 Å². The Morgan fingerprint density at radius 2 is 1.71 bits per heavy atom. The lowest BCUT2D eigenvalue weighted by Crippen LogP contribution is -2.50. The Balaban J connectivity index is 0.00000253. The molecule has 208 valence electrons. The largest absolute Gasteiger partial charge is 0.495 e. The molecule has 8 nitrogen and oxygen atoms in total. The number of piperazine rings is 1. The maximum atomic E-state index is 12.9. The quantitative estimate of drug-likeness (QED) is 0.392. The van der Waals surface area contributed by atoms with Gasteiger partial charge in [-0.05, 0) is 38.1 Å². The van der Waals surface area contributed by atoms with Crippen molar-refractivity contribution in [1.82, 2.24) is 19.8 Å². The zero-order valence-corrected chi connectivity index (χ0v) is 24.6. The molecule has 0 saturated carbocycles. The number of imidazole rings is 1. The fraction of sp³-hybridized carbons (Fsp3) is 0.385. The van der Waals surface area contributed by atoms with Gasteiger partial charge in [0.05, 0.1) is 40.3 Å². The highest BCUT2D eigenvalue weighted by Crippen LogP contribution is 2.33. The number of anilines is 1. The van der Waals surface area contributed by atoms with Gasteiger partial charge in [0.15, 0.2) is 0 Å². The molecule has 1 amide bonds. The zero-order chi connectivity index (χ0) is 25.8. The van der Waals surface area contributed by atoms with Gasteiger partial charge in [-0.25, -0.2) is 4.98 Å². The summed E-state index contributed by atoms with van der Waals surface area (Å²) >= 11 is 12.5. The molecule has 1 aromatic heterocycles. The minimum Gasteiger partial charge on any atom is -0.495 e. The predicted molar refractivity (Wildman–Crippen MR) is 158 cm³/mol. The van der Waals surface area contributed by atoms with Gasteiger partial charge in [-0.1, -0.05) is 41.4 Å². The van der Waals surface area contributed by atoms with Gasteiger partial charge in [0.25, 0.3) is 5.91 Å². The Morgan fingerprint density at radius 1 is 1.05 bits per heavy atom. The number of amides is 1. The van der Waals surface area contributed by atoms with Gasteiger partial charge in [-0.15, -0.1) is 24.8 Å². The van der Waals surface area contributed by atoms with E-state index in [1.165, 1.54) is 0 Å². The smallest absolute Gasteiger partial charge is 0.271 e. The van der Waals surface area contributed by atoms with Crippen LogP contribution in [0.5, 0.6) is 5.75 Å². The number of carbonyl (C=O) groups excluding carboxylic acids is 1. The van der Waals surface area contributed by atoms with E-state index in [-0.39, 0.29) is 37.3 Å². The van der Waals surface area contributed by atoms with Gasteiger partial charge in [-0.3, -0.25) is 14.3 Å². The number of para-hydroxylation sites is 2. The molecule has 0 radical (unpaired) electrons. The Hall–Kier alpha value is -2.20. The van der Waals surface area contributed by atoms with E-state index in [2.05, 4.69) is 20.1 Å². The molecule has 38 heavy (non-hydrogen) atoms. The number of aliphatic hydroxyl groups excluding tert-OH is 1. The molecule has 1 aliphatic heterocycles. The molecule has 0 bridgehead atoms. The molecule has 3 aromatic rings. The third-order valence-electron chi connectivity index (χ3n) is 6.43. The van der Waals surface area contributed by atoms with Crippen LogP contribution in [0.3, 0.4) is 0 Å². The fourth-order valence-corrected chi connectivity index (χ4v) is 5.01. The molecule has 1 aliphatic rings. The molecule has 1 saturated heterocycles. The van der Waals surface area contributed by atoms with Crippen molar-refractivity contribution in [1.29, 1.82) is 0 Å². The van der Waals surface area contributed by atoms with Gasteiger partial charge in [0, 0.05) is 39.3 Å². The summed E-state index contributed by atoms with van der Waals surface area (Å²) in [6.45, 7) is 7.40. The molecule has 1 fully saturated rings. The van der Waals surface area contributed by atoms with Gasteiger partial charge in [0.2, 0.25) is 0 Å². The number of aromatic nitrogens is 2. The number of nitrogens with zero attached hydrogens (tertiary/aromatic N) is 4. The number of hydrogen-bond donors (Lipinski definition) is 2. The molecule has 0 spiro atoms. The molecule has 2 aromatic carbocycles. The first-order valence-electron chi connectivity index (χ1n) is 11.9. The van der Waals surface area contributed by atoms with Crippen LogP contribution in [0.2, 0.25) is 10.0 Å². The molecule has 0 aliphatic carbocycles. The van der Waals surface area contributed by atoms with E-state index >= 15 is 0 Å². The average molecular weight is 605 g/mol. The van der Waals surface area contributed by atoms with E-state index < -0.39 is 6.10 Å². The van der Waals surface area contributed by atoms with Crippen LogP contribution < -0.4 is 15.0 Å². The highest BCUT2D eigenvalue weighted by Gasteiger charge is 2.23. The first kappa shape index (κ1) is 32.0. The molecule has 2 heterocycles. The van der Waals surface area contributed by atoms with Crippen LogP contribution in [0.15, 0.2) is 42.5 Å². The van der Waals surface area contributed by atoms with E-state index in [4.69, 9.17) is 27.9 Å². The molecule has 4 rings (SSSR count). The van der Waals surface area contributed by atoms with Crippen LogP contribution >= 0.6 is 48.0 Å². The van der Waals surface area contributed by atoms with Crippen LogP contribution in [-0.4, -0.2) is 77.9 Å². The van der Waals surface area contributed by atoms with E-state index in [0.29, 0.717) is 39.6 Å². The van der Waals surface area contributed by atoms with Gasteiger partial charge in [-0.2, -0.15) is 0 Å². The second-order valence-electron chi connectivity index (χ2n) is 8.82. The maximum absolute atomic E-state index is 12.9. The number of halogens is 4. The lowest BCUT2D eigenvalue weighted by molar-refractivity contribution is 0.0847. The summed E-state index contributed by atoms with van der Waals surface area (Å²) in [7, 11) is 1.61. The summed E-state index contributed by atoms with van der Waals surface area (Å²) in [6.07, 6.45) is -0.701. The Morgan fingerprint density at radius 3 is 2.39 bits per heavy atom. The number of hydrogen-bond acceptors (Lipinski definition) is 6. The molecule has 12 heteroatoms. The monoisotopic (exact) mass is 603 g/mol. The summed E-state index contributed by atoms with van der Waals surface area (Å²) in [5.41, 5.74) is 2.78. The molecular formula is C26H33Cl4N5O3.